The van der Waals surface area contributed by atoms with Crippen molar-refractivity contribution in [3.8, 4) is 0 Å². The lowest BCUT2D eigenvalue weighted by Gasteiger charge is -2.25. The molecular weight excluding hydrogens is 276 g/mol. The number of benzene rings is 2. The van der Waals surface area contributed by atoms with Gasteiger partial charge in [0.2, 0.25) is 0 Å². The molecule has 1 atom stereocenters. The van der Waals surface area contributed by atoms with E-state index in [1.807, 2.05) is 48.7 Å². The maximum atomic E-state index is 10.9. The van der Waals surface area contributed by atoms with Crippen LogP contribution in [0.2, 0.25) is 5.02 Å². The van der Waals surface area contributed by atoms with Gasteiger partial charge in [-0.1, -0.05) is 41.9 Å². The lowest BCUT2D eigenvalue weighted by molar-refractivity contribution is 0.104. The average Bonchev–Trinajstić information content (AvgIpc) is 2.86. The van der Waals surface area contributed by atoms with E-state index >= 15 is 0 Å². The normalized spacial score (nSPS) is 14.5. The molecule has 3 aromatic rings. The fourth-order valence-electron chi connectivity index (χ4n) is 2.32. The van der Waals surface area contributed by atoms with Gasteiger partial charge >= 0.3 is 0 Å². The van der Waals surface area contributed by atoms with Gasteiger partial charge in [-0.2, -0.15) is 0 Å². The van der Waals surface area contributed by atoms with E-state index in [9.17, 15) is 5.11 Å². The van der Waals surface area contributed by atoms with E-state index in [-0.39, 0.29) is 0 Å². The summed E-state index contributed by atoms with van der Waals surface area (Å²) in [6, 6.07) is 15.5. The van der Waals surface area contributed by atoms with Crippen molar-refractivity contribution in [1.82, 2.24) is 0 Å². The summed E-state index contributed by atoms with van der Waals surface area (Å²) in [5.41, 5.74) is 0.679. The van der Waals surface area contributed by atoms with Gasteiger partial charge < -0.3 is 5.11 Å². The van der Waals surface area contributed by atoms with Crippen LogP contribution in [0.5, 0.6) is 0 Å². The Morgan fingerprint density at radius 1 is 1.11 bits per heavy atom. The molecule has 19 heavy (non-hydrogen) atoms. The summed E-state index contributed by atoms with van der Waals surface area (Å²) in [4.78, 5) is 0. The molecule has 0 fully saturated rings. The topological polar surface area (TPSA) is 20.2 Å². The number of hydrogen-bond acceptors (Lipinski definition) is 2. The Kier molecular flexibility index (Phi) is 3.09. The Labute approximate surface area is 121 Å². The van der Waals surface area contributed by atoms with E-state index in [1.165, 1.54) is 0 Å². The second-order valence-electron chi connectivity index (χ2n) is 4.73. The Morgan fingerprint density at radius 3 is 2.68 bits per heavy atom. The van der Waals surface area contributed by atoms with Crippen molar-refractivity contribution in [2.24, 2.45) is 0 Å². The first-order valence-corrected chi connectivity index (χ1v) is 7.30. The largest absolute Gasteiger partial charge is 0.381 e. The van der Waals surface area contributed by atoms with Crippen LogP contribution in [0.15, 0.2) is 53.9 Å². The molecule has 1 heterocycles. The molecular formula is C16H13ClOS. The zero-order valence-corrected chi connectivity index (χ0v) is 12.0. The molecule has 3 heteroatoms. The molecule has 0 bridgehead atoms. The Balaban J connectivity index is 2.21. The number of thiophene rings is 1. The van der Waals surface area contributed by atoms with E-state index < -0.39 is 5.60 Å². The predicted octanol–water partition coefficient (Wildman–Crippen LogP) is 4.81. The number of aliphatic hydroxyl groups is 1. The fourth-order valence-corrected chi connectivity index (χ4v) is 3.53. The van der Waals surface area contributed by atoms with Crippen molar-refractivity contribution >= 4 is 33.0 Å². The average molecular weight is 289 g/mol. The van der Waals surface area contributed by atoms with Crippen molar-refractivity contribution in [3.63, 3.8) is 0 Å². The van der Waals surface area contributed by atoms with Crippen LogP contribution in [-0.2, 0) is 5.60 Å². The van der Waals surface area contributed by atoms with Crippen molar-refractivity contribution in [2.45, 2.75) is 12.5 Å². The molecule has 3 rings (SSSR count). The molecule has 1 unspecified atom stereocenters. The monoisotopic (exact) mass is 288 g/mol. The van der Waals surface area contributed by atoms with Gasteiger partial charge in [-0.25, -0.2) is 0 Å². The number of rotatable bonds is 2. The highest BCUT2D eigenvalue weighted by atomic mass is 35.5. The third-order valence-electron chi connectivity index (χ3n) is 3.39. The van der Waals surface area contributed by atoms with Crippen LogP contribution in [0.1, 0.15) is 18.1 Å². The molecule has 1 nitrogen and oxygen atoms in total. The molecule has 0 saturated heterocycles. The minimum Gasteiger partial charge on any atom is -0.381 e. The molecule has 0 saturated carbocycles. The van der Waals surface area contributed by atoms with Gasteiger partial charge in [0.1, 0.15) is 5.60 Å². The minimum absolute atomic E-state index is 0.635. The van der Waals surface area contributed by atoms with Crippen LogP contribution in [-0.4, -0.2) is 5.11 Å². The van der Waals surface area contributed by atoms with Gasteiger partial charge in [0, 0.05) is 15.3 Å². The zero-order chi connectivity index (χ0) is 13.5. The van der Waals surface area contributed by atoms with Crippen LogP contribution in [0.25, 0.3) is 10.1 Å². The van der Waals surface area contributed by atoms with E-state index in [0.717, 1.165) is 21.2 Å². The van der Waals surface area contributed by atoms with E-state index in [4.69, 9.17) is 11.6 Å². The van der Waals surface area contributed by atoms with Crippen LogP contribution >= 0.6 is 22.9 Å². The van der Waals surface area contributed by atoms with E-state index in [1.54, 1.807) is 11.3 Å². The Bertz CT molecular complexity index is 730. The van der Waals surface area contributed by atoms with Gasteiger partial charge in [-0.05, 0) is 41.5 Å². The predicted molar refractivity (Wildman–Crippen MR) is 81.9 cm³/mol. The van der Waals surface area contributed by atoms with Crippen LogP contribution < -0.4 is 0 Å². The summed E-state index contributed by atoms with van der Waals surface area (Å²) >= 11 is 7.67. The number of fused-ring (bicyclic) bond motifs is 1. The molecule has 0 aliphatic carbocycles. The molecule has 0 aliphatic rings. The second-order valence-corrected chi connectivity index (χ2v) is 6.08. The summed E-state index contributed by atoms with van der Waals surface area (Å²) in [5, 5.41) is 14.8. The Morgan fingerprint density at radius 2 is 1.89 bits per heavy atom. The van der Waals surface area contributed by atoms with Crippen molar-refractivity contribution < 1.29 is 5.11 Å². The van der Waals surface area contributed by atoms with Gasteiger partial charge in [0.15, 0.2) is 0 Å². The quantitative estimate of drug-likeness (QED) is 0.717. The first-order chi connectivity index (χ1) is 9.09. The standard InChI is InChI=1S/C16H13ClOS/c1-16(18,12-5-3-6-13(17)10-12)14-7-2-4-11-8-9-19-15(11)14/h2-10,18H,1H3. The van der Waals surface area contributed by atoms with Crippen LogP contribution in [0.3, 0.4) is 0 Å². The molecule has 96 valence electrons. The molecule has 0 amide bonds. The third-order valence-corrected chi connectivity index (χ3v) is 4.59. The minimum atomic E-state index is -1.05. The van der Waals surface area contributed by atoms with Gasteiger partial charge in [-0.15, -0.1) is 11.3 Å². The van der Waals surface area contributed by atoms with Gasteiger partial charge in [0.25, 0.3) is 0 Å². The fraction of sp³-hybridized carbons (Fsp3) is 0.125. The first-order valence-electron chi connectivity index (χ1n) is 6.04. The molecule has 1 N–H and O–H groups in total. The van der Waals surface area contributed by atoms with Gasteiger partial charge in [-0.3, -0.25) is 0 Å². The van der Waals surface area contributed by atoms with Crippen molar-refractivity contribution in [1.29, 1.82) is 0 Å². The first kappa shape index (κ1) is 12.7. The summed E-state index contributed by atoms with van der Waals surface area (Å²) in [6.45, 7) is 1.81. The zero-order valence-electron chi connectivity index (χ0n) is 10.4. The highest BCUT2D eigenvalue weighted by Gasteiger charge is 2.28. The highest BCUT2D eigenvalue weighted by Crippen LogP contribution is 2.37. The van der Waals surface area contributed by atoms with Crippen LogP contribution in [0.4, 0.5) is 0 Å². The van der Waals surface area contributed by atoms with E-state index in [2.05, 4.69) is 12.1 Å². The lowest BCUT2D eigenvalue weighted by Crippen LogP contribution is -2.22. The summed E-state index contributed by atoms with van der Waals surface area (Å²) < 4.78 is 1.12. The van der Waals surface area contributed by atoms with Gasteiger partial charge in [0.05, 0.1) is 0 Å². The lowest BCUT2D eigenvalue weighted by atomic mass is 9.88. The smallest absolute Gasteiger partial charge is 0.113 e. The molecule has 2 aromatic carbocycles. The maximum Gasteiger partial charge on any atom is 0.113 e. The number of hydrogen-bond donors (Lipinski definition) is 1. The summed E-state index contributed by atoms with van der Waals surface area (Å²) in [6.07, 6.45) is 0. The molecule has 0 spiro atoms. The van der Waals surface area contributed by atoms with Crippen LogP contribution in [0, 0.1) is 0 Å². The summed E-state index contributed by atoms with van der Waals surface area (Å²) in [7, 11) is 0. The molecule has 0 aliphatic heterocycles. The maximum absolute atomic E-state index is 10.9. The third kappa shape index (κ3) is 2.16. The highest BCUT2D eigenvalue weighted by molar-refractivity contribution is 7.17. The number of halogens is 1. The van der Waals surface area contributed by atoms with Crippen molar-refractivity contribution in [3.05, 3.63) is 70.1 Å². The second kappa shape index (κ2) is 4.64. The molecule has 1 aromatic heterocycles. The summed E-state index contributed by atoms with van der Waals surface area (Å²) in [5.74, 6) is 0. The molecule has 0 radical (unpaired) electrons. The SMILES string of the molecule is CC(O)(c1cccc(Cl)c1)c1cccc2ccsc12. The van der Waals surface area contributed by atoms with Crippen molar-refractivity contribution in [2.75, 3.05) is 0 Å². The Hall–Kier alpha value is -1.35. The van der Waals surface area contributed by atoms with E-state index in [0.29, 0.717) is 5.02 Å².